The van der Waals surface area contributed by atoms with E-state index in [0.29, 0.717) is 4.88 Å². The van der Waals surface area contributed by atoms with Crippen molar-refractivity contribution in [2.24, 2.45) is 0 Å². The molecular formula is C12H12N2OS2. The molecule has 2 heterocycles. The Morgan fingerprint density at radius 3 is 2.94 bits per heavy atom. The second-order valence-electron chi connectivity index (χ2n) is 3.44. The molecule has 0 aliphatic carbocycles. The Kier molecular flexibility index (Phi) is 3.71. The van der Waals surface area contributed by atoms with Crippen LogP contribution < -0.4 is 5.32 Å². The minimum absolute atomic E-state index is 0.00713. The van der Waals surface area contributed by atoms with Crippen LogP contribution in [0.3, 0.4) is 0 Å². The minimum atomic E-state index is 0.00713. The summed E-state index contributed by atoms with van der Waals surface area (Å²) in [6.07, 6.45) is 3.43. The molecule has 0 aliphatic heterocycles. The van der Waals surface area contributed by atoms with E-state index in [1.165, 1.54) is 11.3 Å². The van der Waals surface area contributed by atoms with Gasteiger partial charge in [0.2, 0.25) is 0 Å². The average molecular weight is 264 g/mol. The number of rotatable bonds is 4. The number of nitrogens with one attached hydrogen (secondary N) is 1. The van der Waals surface area contributed by atoms with E-state index in [0.717, 1.165) is 16.4 Å². The van der Waals surface area contributed by atoms with Crippen molar-refractivity contribution < 1.29 is 4.79 Å². The standard InChI is InChI=1S/C12H12N2OS2/c1-8-11(17-12(13-2)14-8)10(15)4-3-9-5-6-16-7-9/h3-7H,1-2H3,(H,13,14)/b4-3+. The molecule has 2 aromatic heterocycles. The van der Waals surface area contributed by atoms with Gasteiger partial charge in [0.15, 0.2) is 10.9 Å². The number of aromatic nitrogens is 1. The molecule has 0 radical (unpaired) electrons. The molecule has 0 bridgehead atoms. The molecule has 0 atom stereocenters. The highest BCUT2D eigenvalue weighted by molar-refractivity contribution is 7.17. The van der Waals surface area contributed by atoms with Crippen molar-refractivity contribution in [1.29, 1.82) is 0 Å². The number of carbonyl (C=O) groups is 1. The molecule has 88 valence electrons. The van der Waals surface area contributed by atoms with Gasteiger partial charge >= 0.3 is 0 Å². The molecule has 3 nitrogen and oxygen atoms in total. The molecule has 0 saturated heterocycles. The van der Waals surface area contributed by atoms with Gasteiger partial charge in [0, 0.05) is 7.05 Å². The third kappa shape index (κ3) is 2.81. The number of aryl methyl sites for hydroxylation is 1. The van der Waals surface area contributed by atoms with Crippen LogP contribution in [0.25, 0.3) is 6.08 Å². The Balaban J connectivity index is 2.17. The summed E-state index contributed by atoms with van der Waals surface area (Å²) in [5.74, 6) is 0.00713. The van der Waals surface area contributed by atoms with Gasteiger partial charge in [-0.2, -0.15) is 11.3 Å². The van der Waals surface area contributed by atoms with Crippen LogP contribution in [0, 0.1) is 6.92 Å². The highest BCUT2D eigenvalue weighted by atomic mass is 32.1. The van der Waals surface area contributed by atoms with Gasteiger partial charge < -0.3 is 5.32 Å². The van der Waals surface area contributed by atoms with Gasteiger partial charge in [-0.05, 0) is 35.4 Å². The largest absolute Gasteiger partial charge is 0.365 e. The maximum absolute atomic E-state index is 11.9. The zero-order valence-corrected chi connectivity index (χ0v) is 11.2. The van der Waals surface area contributed by atoms with Gasteiger partial charge in [-0.1, -0.05) is 17.4 Å². The molecular weight excluding hydrogens is 252 g/mol. The third-order valence-corrected chi connectivity index (χ3v) is 4.10. The second-order valence-corrected chi connectivity index (χ2v) is 5.22. The third-order valence-electron chi connectivity index (χ3n) is 2.20. The van der Waals surface area contributed by atoms with Crippen molar-refractivity contribution in [2.45, 2.75) is 6.92 Å². The molecule has 5 heteroatoms. The first kappa shape index (κ1) is 12.0. The van der Waals surface area contributed by atoms with Crippen molar-refractivity contribution in [3.63, 3.8) is 0 Å². The number of ketones is 1. The molecule has 1 N–H and O–H groups in total. The summed E-state index contributed by atoms with van der Waals surface area (Å²) < 4.78 is 0. The van der Waals surface area contributed by atoms with E-state index in [-0.39, 0.29) is 5.78 Å². The fourth-order valence-electron chi connectivity index (χ4n) is 1.35. The van der Waals surface area contributed by atoms with Crippen LogP contribution >= 0.6 is 22.7 Å². The van der Waals surface area contributed by atoms with E-state index < -0.39 is 0 Å². The zero-order valence-electron chi connectivity index (χ0n) is 9.56. The number of allylic oxidation sites excluding steroid dienone is 1. The monoisotopic (exact) mass is 264 g/mol. The number of hydrogen-bond donors (Lipinski definition) is 1. The van der Waals surface area contributed by atoms with Gasteiger partial charge in [0.05, 0.1) is 10.6 Å². The molecule has 0 amide bonds. The smallest absolute Gasteiger partial charge is 0.197 e. The average Bonchev–Trinajstić information content (AvgIpc) is 2.94. The van der Waals surface area contributed by atoms with Crippen LogP contribution in [0.1, 0.15) is 20.9 Å². The number of anilines is 1. The topological polar surface area (TPSA) is 42.0 Å². The number of hydrogen-bond acceptors (Lipinski definition) is 5. The van der Waals surface area contributed by atoms with Gasteiger partial charge in [0.1, 0.15) is 0 Å². The molecule has 2 rings (SSSR count). The molecule has 0 aromatic carbocycles. The normalized spacial score (nSPS) is 10.9. The summed E-state index contributed by atoms with van der Waals surface area (Å²) in [4.78, 5) is 16.9. The van der Waals surface area contributed by atoms with Crippen molar-refractivity contribution >= 4 is 39.7 Å². The Bertz CT molecular complexity index is 541. The van der Waals surface area contributed by atoms with E-state index >= 15 is 0 Å². The lowest BCUT2D eigenvalue weighted by Crippen LogP contribution is -1.92. The molecule has 0 fully saturated rings. The first-order valence-corrected chi connectivity index (χ1v) is 6.86. The van der Waals surface area contributed by atoms with Crippen LogP contribution in [0.15, 0.2) is 22.9 Å². The lowest BCUT2D eigenvalue weighted by molar-refractivity contribution is 0.105. The van der Waals surface area contributed by atoms with E-state index in [4.69, 9.17) is 0 Å². The molecule has 0 aliphatic rings. The maximum atomic E-state index is 11.9. The predicted octanol–water partition coefficient (Wildman–Crippen LogP) is 3.45. The summed E-state index contributed by atoms with van der Waals surface area (Å²) in [6, 6.07) is 1.98. The minimum Gasteiger partial charge on any atom is -0.365 e. The Hall–Kier alpha value is -1.46. The maximum Gasteiger partial charge on any atom is 0.197 e. The van der Waals surface area contributed by atoms with Gasteiger partial charge in [-0.3, -0.25) is 4.79 Å². The molecule has 2 aromatic rings. The van der Waals surface area contributed by atoms with Gasteiger partial charge in [0.25, 0.3) is 0 Å². The fraction of sp³-hybridized carbons (Fsp3) is 0.167. The summed E-state index contributed by atoms with van der Waals surface area (Å²) in [5, 5.41) is 7.71. The second kappa shape index (κ2) is 5.25. The van der Waals surface area contributed by atoms with Crippen molar-refractivity contribution in [2.75, 3.05) is 12.4 Å². The zero-order chi connectivity index (χ0) is 12.3. The fourth-order valence-corrected chi connectivity index (χ4v) is 2.82. The Morgan fingerprint density at radius 1 is 1.53 bits per heavy atom. The summed E-state index contributed by atoms with van der Waals surface area (Å²) in [7, 11) is 1.80. The van der Waals surface area contributed by atoms with Crippen LogP contribution in [0.2, 0.25) is 0 Å². The Labute approximate surface area is 108 Å². The van der Waals surface area contributed by atoms with E-state index in [9.17, 15) is 4.79 Å². The van der Waals surface area contributed by atoms with Crippen LogP contribution in [0.5, 0.6) is 0 Å². The van der Waals surface area contributed by atoms with Crippen LogP contribution in [-0.2, 0) is 0 Å². The van der Waals surface area contributed by atoms with Crippen molar-refractivity contribution in [3.05, 3.63) is 39.0 Å². The lowest BCUT2D eigenvalue weighted by Gasteiger charge is -1.90. The van der Waals surface area contributed by atoms with E-state index in [2.05, 4.69) is 10.3 Å². The summed E-state index contributed by atoms with van der Waals surface area (Å²) in [6.45, 7) is 1.85. The van der Waals surface area contributed by atoms with Gasteiger partial charge in [-0.15, -0.1) is 0 Å². The first-order chi connectivity index (χ1) is 8.20. The summed E-state index contributed by atoms with van der Waals surface area (Å²) >= 11 is 3.00. The van der Waals surface area contributed by atoms with Crippen LogP contribution in [0.4, 0.5) is 5.13 Å². The number of thiazole rings is 1. The first-order valence-electron chi connectivity index (χ1n) is 5.10. The number of thiophene rings is 1. The van der Waals surface area contributed by atoms with E-state index in [1.807, 2.05) is 29.8 Å². The number of nitrogens with zero attached hydrogens (tertiary/aromatic N) is 1. The summed E-state index contributed by atoms with van der Waals surface area (Å²) in [5.41, 5.74) is 1.83. The van der Waals surface area contributed by atoms with E-state index in [1.54, 1.807) is 24.5 Å². The van der Waals surface area contributed by atoms with Crippen LogP contribution in [-0.4, -0.2) is 17.8 Å². The van der Waals surface area contributed by atoms with Crippen molar-refractivity contribution in [3.8, 4) is 0 Å². The molecule has 0 spiro atoms. The SMILES string of the molecule is CNc1nc(C)c(C(=O)/C=C/c2ccsc2)s1. The highest BCUT2D eigenvalue weighted by Gasteiger charge is 2.11. The predicted molar refractivity (Wildman–Crippen MR) is 74.1 cm³/mol. The molecule has 0 unspecified atom stereocenters. The highest BCUT2D eigenvalue weighted by Crippen LogP contribution is 2.23. The lowest BCUT2D eigenvalue weighted by atomic mass is 10.2. The number of carbonyl (C=O) groups excluding carboxylic acids is 1. The van der Waals surface area contributed by atoms with Gasteiger partial charge in [-0.25, -0.2) is 4.98 Å². The quantitative estimate of drug-likeness (QED) is 0.679. The molecule has 17 heavy (non-hydrogen) atoms. The van der Waals surface area contributed by atoms with Crippen molar-refractivity contribution in [1.82, 2.24) is 4.98 Å². The Morgan fingerprint density at radius 2 is 2.35 bits per heavy atom. The molecule has 0 saturated carbocycles.